The van der Waals surface area contributed by atoms with Crippen molar-refractivity contribution in [3.63, 3.8) is 0 Å². The summed E-state index contributed by atoms with van der Waals surface area (Å²) in [6.07, 6.45) is 6.92. The molecule has 1 N–H and O–H groups in total. The quantitative estimate of drug-likeness (QED) is 0.545. The first kappa shape index (κ1) is 26.6. The van der Waals surface area contributed by atoms with Crippen LogP contribution in [0.15, 0.2) is 17.5 Å². The molecule has 194 valence electrons. The van der Waals surface area contributed by atoms with Crippen LogP contribution in [0.3, 0.4) is 0 Å². The Balaban J connectivity index is 1.31. The third kappa shape index (κ3) is 7.29. The monoisotopic (exact) mass is 542 g/mol. The summed E-state index contributed by atoms with van der Waals surface area (Å²) in [5.41, 5.74) is 0. The standard InChI is InChI=1S/C24H35ClN4O4S2/c1-18-8-13-27(14-9-18)16-19-4-2-12-29(19)23(30)17-28-11-3-5-21(24(28)31)26-35(32,33)15-10-20-6-7-22(25)34-20/h6-7,10,15,18-19,21,26H,2-5,8-9,11-14,16-17H2,1H3/t19-,21-/m0/s1. The third-order valence-corrected chi connectivity index (χ3v) is 9.52. The van der Waals surface area contributed by atoms with Gasteiger partial charge in [0.05, 0.1) is 10.9 Å². The molecular weight excluding hydrogens is 508 g/mol. The SMILES string of the molecule is CC1CCN(C[C@@H]2CCCN2C(=O)CN2CCC[C@H](NS(=O)(=O)C=Cc3ccc(Cl)s3)C2=O)CC1. The predicted octanol–water partition coefficient (Wildman–Crippen LogP) is 3.01. The Labute approximate surface area is 217 Å². The normalized spacial score (nSPS) is 25.1. The van der Waals surface area contributed by atoms with Crippen molar-refractivity contribution < 1.29 is 18.0 Å². The number of halogens is 1. The molecule has 3 fully saturated rings. The molecule has 0 spiro atoms. The summed E-state index contributed by atoms with van der Waals surface area (Å²) in [7, 11) is -3.82. The highest BCUT2D eigenvalue weighted by Crippen LogP contribution is 2.24. The second-order valence-corrected chi connectivity index (χ2v) is 13.3. The summed E-state index contributed by atoms with van der Waals surface area (Å²) in [5.74, 6) is 0.401. The number of carbonyl (C=O) groups excluding carboxylic acids is 2. The van der Waals surface area contributed by atoms with Crippen molar-refractivity contribution in [3.8, 4) is 0 Å². The maximum absolute atomic E-state index is 13.2. The summed E-state index contributed by atoms with van der Waals surface area (Å²) in [5, 5.41) is 1.06. The van der Waals surface area contributed by atoms with Crippen LogP contribution in [-0.2, 0) is 19.6 Å². The largest absolute Gasteiger partial charge is 0.337 e. The van der Waals surface area contributed by atoms with Crippen molar-refractivity contribution >= 4 is 50.9 Å². The molecule has 3 saturated heterocycles. The Morgan fingerprint density at radius 3 is 2.60 bits per heavy atom. The number of nitrogens with zero attached hydrogens (tertiary/aromatic N) is 3. The van der Waals surface area contributed by atoms with E-state index in [-0.39, 0.29) is 24.4 Å². The molecule has 11 heteroatoms. The average Bonchev–Trinajstić information content (AvgIpc) is 3.45. The summed E-state index contributed by atoms with van der Waals surface area (Å²) < 4.78 is 28.1. The molecule has 4 heterocycles. The minimum absolute atomic E-state index is 0.00806. The number of hydrogen-bond donors (Lipinski definition) is 1. The minimum atomic E-state index is -3.82. The van der Waals surface area contributed by atoms with Crippen molar-refractivity contribution in [2.45, 2.75) is 57.5 Å². The van der Waals surface area contributed by atoms with E-state index in [1.807, 2.05) is 4.90 Å². The van der Waals surface area contributed by atoms with Crippen molar-refractivity contribution in [3.05, 3.63) is 26.8 Å². The van der Waals surface area contributed by atoms with Gasteiger partial charge in [-0.1, -0.05) is 18.5 Å². The van der Waals surface area contributed by atoms with Crippen molar-refractivity contribution in [1.82, 2.24) is 19.4 Å². The first-order valence-electron chi connectivity index (χ1n) is 12.5. The van der Waals surface area contributed by atoms with Crippen LogP contribution in [0.4, 0.5) is 0 Å². The Morgan fingerprint density at radius 1 is 1.14 bits per heavy atom. The fourth-order valence-corrected chi connectivity index (χ4v) is 7.24. The molecule has 0 aliphatic carbocycles. The van der Waals surface area contributed by atoms with Gasteiger partial charge in [-0.15, -0.1) is 11.3 Å². The van der Waals surface area contributed by atoms with Crippen LogP contribution < -0.4 is 4.72 Å². The molecular formula is C24H35ClN4O4S2. The van der Waals surface area contributed by atoms with Gasteiger partial charge in [0.1, 0.15) is 6.04 Å². The van der Waals surface area contributed by atoms with Crippen LogP contribution >= 0.6 is 22.9 Å². The first-order valence-corrected chi connectivity index (χ1v) is 15.2. The summed E-state index contributed by atoms with van der Waals surface area (Å²) in [6, 6.07) is 2.77. The Morgan fingerprint density at radius 2 is 1.89 bits per heavy atom. The molecule has 0 bridgehead atoms. The van der Waals surface area contributed by atoms with Crippen LogP contribution in [0.1, 0.15) is 50.3 Å². The molecule has 8 nitrogen and oxygen atoms in total. The topological polar surface area (TPSA) is 90.0 Å². The molecule has 0 radical (unpaired) electrons. The number of rotatable bonds is 8. The zero-order valence-electron chi connectivity index (χ0n) is 20.2. The molecule has 0 aromatic carbocycles. The lowest BCUT2D eigenvalue weighted by Crippen LogP contribution is -2.55. The molecule has 1 aromatic rings. The lowest BCUT2D eigenvalue weighted by molar-refractivity contribution is -0.143. The van der Waals surface area contributed by atoms with E-state index in [0.29, 0.717) is 28.6 Å². The van der Waals surface area contributed by atoms with Crippen LogP contribution in [0.2, 0.25) is 4.34 Å². The smallest absolute Gasteiger partial charge is 0.242 e. The van der Waals surface area contributed by atoms with Gasteiger partial charge in [0.15, 0.2) is 0 Å². The molecule has 4 rings (SSSR count). The first-order chi connectivity index (χ1) is 16.7. The molecule has 2 amide bonds. The molecule has 3 aliphatic rings. The molecule has 0 saturated carbocycles. The van der Waals surface area contributed by atoms with E-state index in [1.54, 1.807) is 12.1 Å². The van der Waals surface area contributed by atoms with Crippen LogP contribution in [0, 0.1) is 5.92 Å². The Bertz CT molecular complexity index is 1040. The van der Waals surface area contributed by atoms with Gasteiger partial charge in [-0.3, -0.25) is 9.59 Å². The Kier molecular flexibility index (Phi) is 8.91. The predicted molar refractivity (Wildman–Crippen MR) is 140 cm³/mol. The van der Waals surface area contributed by atoms with E-state index in [0.717, 1.165) is 50.3 Å². The maximum Gasteiger partial charge on any atom is 0.242 e. The highest BCUT2D eigenvalue weighted by atomic mass is 35.5. The third-order valence-electron chi connectivity index (χ3n) is 7.21. The maximum atomic E-state index is 13.2. The van der Waals surface area contributed by atoms with E-state index in [9.17, 15) is 18.0 Å². The van der Waals surface area contributed by atoms with E-state index in [1.165, 1.54) is 35.2 Å². The van der Waals surface area contributed by atoms with Gasteiger partial charge >= 0.3 is 0 Å². The van der Waals surface area contributed by atoms with Crippen LogP contribution in [0.25, 0.3) is 6.08 Å². The summed E-state index contributed by atoms with van der Waals surface area (Å²) in [6.45, 7) is 6.56. The number of carbonyl (C=O) groups is 2. The van der Waals surface area contributed by atoms with Crippen molar-refractivity contribution in [2.24, 2.45) is 5.92 Å². The van der Waals surface area contributed by atoms with Crippen molar-refractivity contribution in [2.75, 3.05) is 39.3 Å². The molecule has 35 heavy (non-hydrogen) atoms. The summed E-state index contributed by atoms with van der Waals surface area (Å²) in [4.78, 5) is 32.8. The molecule has 3 aliphatic heterocycles. The number of piperidine rings is 2. The van der Waals surface area contributed by atoms with Gasteiger partial charge in [-0.05, 0) is 75.7 Å². The molecule has 1 aromatic heterocycles. The zero-order valence-corrected chi connectivity index (χ0v) is 22.6. The molecule has 0 unspecified atom stereocenters. The van der Waals surface area contributed by atoms with E-state index in [4.69, 9.17) is 11.6 Å². The minimum Gasteiger partial charge on any atom is -0.337 e. The lowest BCUT2D eigenvalue weighted by Gasteiger charge is -2.36. The number of amides is 2. The van der Waals surface area contributed by atoms with Gasteiger partial charge in [-0.25, -0.2) is 8.42 Å². The summed E-state index contributed by atoms with van der Waals surface area (Å²) >= 11 is 7.16. The number of thiophene rings is 1. The second-order valence-electron chi connectivity index (χ2n) is 9.93. The van der Waals surface area contributed by atoms with Crippen LogP contribution in [0.5, 0.6) is 0 Å². The van der Waals surface area contributed by atoms with Gasteiger partial charge in [0, 0.05) is 36.0 Å². The van der Waals surface area contributed by atoms with Gasteiger partial charge in [0.25, 0.3) is 0 Å². The van der Waals surface area contributed by atoms with E-state index >= 15 is 0 Å². The van der Waals surface area contributed by atoms with Gasteiger partial charge < -0.3 is 14.7 Å². The second kappa shape index (κ2) is 11.7. The number of sulfonamides is 1. The molecule has 2 atom stereocenters. The fraction of sp³-hybridized carbons (Fsp3) is 0.667. The zero-order chi connectivity index (χ0) is 25.0. The van der Waals surface area contributed by atoms with Crippen LogP contribution in [-0.4, -0.2) is 86.3 Å². The number of likely N-dealkylation sites (tertiary alicyclic amines) is 3. The van der Waals surface area contributed by atoms with Gasteiger partial charge in [-0.2, -0.15) is 4.72 Å². The highest BCUT2D eigenvalue weighted by molar-refractivity contribution is 7.92. The number of nitrogens with one attached hydrogen (secondary N) is 1. The van der Waals surface area contributed by atoms with Gasteiger partial charge in [0.2, 0.25) is 21.8 Å². The van der Waals surface area contributed by atoms with Crippen molar-refractivity contribution in [1.29, 1.82) is 0 Å². The highest BCUT2D eigenvalue weighted by Gasteiger charge is 2.36. The average molecular weight is 543 g/mol. The lowest BCUT2D eigenvalue weighted by atomic mass is 9.98. The Hall–Kier alpha value is -1.46. The van der Waals surface area contributed by atoms with E-state index in [2.05, 4.69) is 16.5 Å². The van der Waals surface area contributed by atoms with E-state index < -0.39 is 16.1 Å². The fourth-order valence-electron chi connectivity index (χ4n) is 5.17. The number of hydrogen-bond acceptors (Lipinski definition) is 6.